The maximum absolute atomic E-state index is 12.2. The van der Waals surface area contributed by atoms with Crippen molar-refractivity contribution in [2.75, 3.05) is 13.2 Å². The van der Waals surface area contributed by atoms with Crippen LogP contribution in [0.3, 0.4) is 0 Å². The molecule has 0 aliphatic heterocycles. The fraction of sp³-hybridized carbons (Fsp3) is 0.778. The van der Waals surface area contributed by atoms with Crippen molar-refractivity contribution in [2.24, 2.45) is 0 Å². The molecular weight excluding hydrogens is 620 g/mol. The highest BCUT2D eigenvalue weighted by atomic mass is 16.6. The van der Waals surface area contributed by atoms with Crippen molar-refractivity contribution in [1.29, 1.82) is 0 Å². The van der Waals surface area contributed by atoms with Gasteiger partial charge in [-0.25, -0.2) is 0 Å². The Labute approximate surface area is 309 Å². The Morgan fingerprint density at radius 2 is 0.800 bits per heavy atom. The number of unbranched alkanes of at least 4 members (excludes halogenated alkanes) is 22. The average Bonchev–Trinajstić information content (AvgIpc) is 3.12. The Balaban J connectivity index is 3.58. The van der Waals surface area contributed by atoms with Crippen molar-refractivity contribution >= 4 is 11.9 Å². The van der Waals surface area contributed by atoms with E-state index in [0.717, 1.165) is 64.2 Å². The third kappa shape index (κ3) is 38.7. The molecule has 0 aromatic heterocycles. The van der Waals surface area contributed by atoms with Crippen LogP contribution in [0.15, 0.2) is 48.6 Å². The van der Waals surface area contributed by atoms with Gasteiger partial charge in [0.25, 0.3) is 0 Å². The van der Waals surface area contributed by atoms with Gasteiger partial charge in [0, 0.05) is 12.8 Å². The van der Waals surface area contributed by atoms with Gasteiger partial charge in [0.1, 0.15) is 6.61 Å². The van der Waals surface area contributed by atoms with Gasteiger partial charge in [-0.15, -0.1) is 0 Å². The van der Waals surface area contributed by atoms with Crippen molar-refractivity contribution in [3.8, 4) is 0 Å². The quantitative estimate of drug-likeness (QED) is 0.0394. The van der Waals surface area contributed by atoms with Crippen molar-refractivity contribution < 1.29 is 24.2 Å². The van der Waals surface area contributed by atoms with Gasteiger partial charge < -0.3 is 14.6 Å². The minimum absolute atomic E-state index is 0.0783. The van der Waals surface area contributed by atoms with Crippen LogP contribution in [0.1, 0.15) is 206 Å². The standard InChI is InChI=1S/C45H80O5/c1-3-5-7-9-11-13-15-17-19-21-22-24-26-28-30-32-34-36-38-40-45(48)50-43(41-46)42-49-44(47)39-37-35-33-31-29-27-25-23-20-18-16-14-12-10-8-6-4-2/h12,14,17-20,25,27,43,46H,3-11,13,15-16,21-24,26,28-42H2,1-2H3/t43-/m0/s1. The van der Waals surface area contributed by atoms with Gasteiger partial charge >= 0.3 is 11.9 Å². The van der Waals surface area contributed by atoms with Crippen molar-refractivity contribution in [3.63, 3.8) is 0 Å². The number of carbonyl (C=O) groups excluding carboxylic acids is 2. The van der Waals surface area contributed by atoms with E-state index in [-0.39, 0.29) is 25.2 Å². The monoisotopic (exact) mass is 701 g/mol. The Kier molecular flexibility index (Phi) is 39.5. The summed E-state index contributed by atoms with van der Waals surface area (Å²) in [5, 5.41) is 9.57. The molecule has 0 bridgehead atoms. The molecule has 0 rings (SSSR count). The second-order valence-electron chi connectivity index (χ2n) is 14.1. The van der Waals surface area contributed by atoms with Crippen LogP contribution in [-0.2, 0) is 19.1 Å². The van der Waals surface area contributed by atoms with E-state index in [2.05, 4.69) is 62.5 Å². The number of ether oxygens (including phenoxy) is 2. The molecule has 0 aromatic rings. The molecule has 5 nitrogen and oxygen atoms in total. The Hall–Kier alpha value is -2.14. The molecule has 0 aliphatic carbocycles. The summed E-state index contributed by atoms with van der Waals surface area (Å²) >= 11 is 0. The van der Waals surface area contributed by atoms with Gasteiger partial charge in [0.05, 0.1) is 6.61 Å². The summed E-state index contributed by atoms with van der Waals surface area (Å²) in [6, 6.07) is 0. The summed E-state index contributed by atoms with van der Waals surface area (Å²) in [5.41, 5.74) is 0. The highest BCUT2D eigenvalue weighted by molar-refractivity contribution is 5.70. The van der Waals surface area contributed by atoms with Crippen molar-refractivity contribution in [3.05, 3.63) is 48.6 Å². The van der Waals surface area contributed by atoms with Crippen LogP contribution in [0.5, 0.6) is 0 Å². The average molecular weight is 701 g/mol. The molecule has 50 heavy (non-hydrogen) atoms. The number of aliphatic hydroxyl groups excluding tert-OH is 1. The summed E-state index contributed by atoms with van der Waals surface area (Å²) in [4.78, 5) is 24.3. The summed E-state index contributed by atoms with van der Waals surface area (Å²) < 4.78 is 10.6. The SMILES string of the molecule is CCCCCC=CCC=CCC=CCCCCCCC(=O)OC[C@H](CO)OC(=O)CCCCCCCCCCCC=CCCCCCCCC. The number of carbonyl (C=O) groups is 2. The van der Waals surface area contributed by atoms with E-state index in [1.807, 2.05) is 0 Å². The van der Waals surface area contributed by atoms with Gasteiger partial charge in [-0.2, -0.15) is 0 Å². The molecule has 0 amide bonds. The van der Waals surface area contributed by atoms with Crippen molar-refractivity contribution in [1.82, 2.24) is 0 Å². The normalized spacial score (nSPS) is 12.6. The molecule has 5 heteroatoms. The lowest BCUT2D eigenvalue weighted by molar-refractivity contribution is -0.161. The van der Waals surface area contributed by atoms with Crippen LogP contribution < -0.4 is 0 Å². The number of hydrogen-bond donors (Lipinski definition) is 1. The van der Waals surface area contributed by atoms with E-state index in [0.29, 0.717) is 12.8 Å². The molecular formula is C45H80O5. The molecule has 1 N–H and O–H groups in total. The number of rotatable bonds is 38. The summed E-state index contributed by atoms with van der Waals surface area (Å²) in [5.74, 6) is -0.617. The molecule has 1 atom stereocenters. The molecule has 0 radical (unpaired) electrons. The van der Waals surface area contributed by atoms with Crippen LogP contribution in [0.4, 0.5) is 0 Å². The lowest BCUT2D eigenvalue weighted by atomic mass is 10.1. The maximum atomic E-state index is 12.2. The fourth-order valence-electron chi connectivity index (χ4n) is 5.85. The molecule has 0 saturated carbocycles. The molecule has 0 heterocycles. The molecule has 0 aliphatic rings. The van der Waals surface area contributed by atoms with E-state index in [4.69, 9.17) is 9.47 Å². The highest BCUT2D eigenvalue weighted by Gasteiger charge is 2.16. The number of allylic oxidation sites excluding steroid dienone is 8. The smallest absolute Gasteiger partial charge is 0.306 e. The molecule has 290 valence electrons. The van der Waals surface area contributed by atoms with E-state index < -0.39 is 6.10 Å². The highest BCUT2D eigenvalue weighted by Crippen LogP contribution is 2.13. The van der Waals surface area contributed by atoms with Gasteiger partial charge in [0.2, 0.25) is 0 Å². The zero-order valence-corrected chi connectivity index (χ0v) is 32.9. The number of aliphatic hydroxyl groups is 1. The van der Waals surface area contributed by atoms with E-state index >= 15 is 0 Å². The Bertz CT molecular complexity index is 842. The topological polar surface area (TPSA) is 72.8 Å². The summed E-state index contributed by atoms with van der Waals surface area (Å²) in [6.45, 7) is 4.09. The number of hydrogen-bond acceptors (Lipinski definition) is 5. The van der Waals surface area contributed by atoms with Crippen molar-refractivity contribution in [2.45, 2.75) is 213 Å². The Morgan fingerprint density at radius 1 is 0.460 bits per heavy atom. The van der Waals surface area contributed by atoms with Crippen LogP contribution in [0, 0.1) is 0 Å². The molecule has 0 unspecified atom stereocenters. The molecule has 0 spiro atoms. The lowest BCUT2D eigenvalue weighted by Crippen LogP contribution is -2.28. The molecule has 0 aromatic carbocycles. The summed E-state index contributed by atoms with van der Waals surface area (Å²) in [6.07, 6.45) is 51.7. The zero-order valence-electron chi connectivity index (χ0n) is 32.9. The van der Waals surface area contributed by atoms with E-state index in [9.17, 15) is 14.7 Å². The first kappa shape index (κ1) is 47.9. The minimum atomic E-state index is -0.782. The van der Waals surface area contributed by atoms with Crippen LogP contribution in [0.25, 0.3) is 0 Å². The molecule has 0 fully saturated rings. The fourth-order valence-corrected chi connectivity index (χ4v) is 5.85. The second-order valence-corrected chi connectivity index (χ2v) is 14.1. The van der Waals surface area contributed by atoms with E-state index in [1.54, 1.807) is 0 Å². The first-order valence-electron chi connectivity index (χ1n) is 21.2. The van der Waals surface area contributed by atoms with Gasteiger partial charge in [-0.1, -0.05) is 165 Å². The lowest BCUT2D eigenvalue weighted by Gasteiger charge is -2.15. The number of esters is 2. The zero-order chi connectivity index (χ0) is 36.4. The van der Waals surface area contributed by atoms with Gasteiger partial charge in [-0.05, 0) is 77.0 Å². The predicted molar refractivity (Wildman–Crippen MR) is 214 cm³/mol. The van der Waals surface area contributed by atoms with E-state index in [1.165, 1.54) is 116 Å². The maximum Gasteiger partial charge on any atom is 0.306 e. The largest absolute Gasteiger partial charge is 0.462 e. The van der Waals surface area contributed by atoms with Gasteiger partial charge in [0.15, 0.2) is 6.10 Å². The third-order valence-electron chi connectivity index (χ3n) is 9.10. The van der Waals surface area contributed by atoms with Crippen LogP contribution >= 0.6 is 0 Å². The third-order valence-corrected chi connectivity index (χ3v) is 9.10. The summed E-state index contributed by atoms with van der Waals surface area (Å²) in [7, 11) is 0. The van der Waals surface area contributed by atoms with Crippen LogP contribution in [0.2, 0.25) is 0 Å². The first-order chi connectivity index (χ1) is 24.6. The minimum Gasteiger partial charge on any atom is -0.462 e. The van der Waals surface area contributed by atoms with Crippen LogP contribution in [-0.4, -0.2) is 36.4 Å². The predicted octanol–water partition coefficient (Wildman–Crippen LogP) is 13.4. The van der Waals surface area contributed by atoms with Gasteiger partial charge in [-0.3, -0.25) is 9.59 Å². The Morgan fingerprint density at radius 3 is 1.26 bits per heavy atom. The molecule has 0 saturated heterocycles. The first-order valence-corrected chi connectivity index (χ1v) is 21.2. The second kappa shape index (κ2) is 41.3.